The number of nitrogens with zero attached hydrogens (tertiary/aromatic N) is 1. The van der Waals surface area contributed by atoms with Crippen molar-refractivity contribution < 1.29 is 8.42 Å². The molecule has 0 saturated heterocycles. The van der Waals surface area contributed by atoms with Crippen molar-refractivity contribution in [2.75, 3.05) is 0 Å². The Bertz CT molecular complexity index is 1010. The van der Waals surface area contributed by atoms with E-state index in [9.17, 15) is 13.7 Å². The van der Waals surface area contributed by atoms with Crippen molar-refractivity contribution in [2.24, 2.45) is 0 Å². The van der Waals surface area contributed by atoms with E-state index in [1.807, 2.05) is 38.1 Å². The minimum Gasteiger partial charge on any atom is -0.222 e. The van der Waals surface area contributed by atoms with Gasteiger partial charge in [-0.1, -0.05) is 42.0 Å². The maximum atomic E-state index is 13.1. The Kier molecular flexibility index (Phi) is 4.85. The standard InChI is InChI=1S/C20H17NO2S2/c1-14-7-9-16(10-8-14)25(22,23)20-18(11-12-24-20)19(13-21)17-6-4-3-5-15(17)2/h3-12,20H,1-2H3. The van der Waals surface area contributed by atoms with Gasteiger partial charge in [0.2, 0.25) is 0 Å². The van der Waals surface area contributed by atoms with Gasteiger partial charge in [-0.3, -0.25) is 0 Å². The van der Waals surface area contributed by atoms with E-state index >= 15 is 0 Å². The molecule has 2 aromatic carbocycles. The minimum absolute atomic E-state index is 0.277. The van der Waals surface area contributed by atoms with Gasteiger partial charge in [-0.05, 0) is 54.2 Å². The fourth-order valence-electron chi connectivity index (χ4n) is 2.76. The summed E-state index contributed by atoms with van der Waals surface area (Å²) >= 11 is 1.22. The molecule has 0 spiro atoms. The first-order chi connectivity index (χ1) is 11.9. The van der Waals surface area contributed by atoms with E-state index in [4.69, 9.17) is 0 Å². The number of rotatable bonds is 3. The van der Waals surface area contributed by atoms with Crippen molar-refractivity contribution in [1.82, 2.24) is 0 Å². The molecule has 0 aliphatic carbocycles. The lowest BCUT2D eigenvalue weighted by Gasteiger charge is -2.16. The van der Waals surface area contributed by atoms with Crippen LogP contribution in [0.15, 0.2) is 70.5 Å². The lowest BCUT2D eigenvalue weighted by atomic mass is 9.97. The number of nitriles is 1. The third-order valence-electron chi connectivity index (χ3n) is 4.15. The Hall–Kier alpha value is -2.29. The van der Waals surface area contributed by atoms with Gasteiger partial charge >= 0.3 is 0 Å². The molecule has 3 nitrogen and oxygen atoms in total. The van der Waals surface area contributed by atoms with E-state index in [0.717, 1.165) is 16.7 Å². The molecule has 1 heterocycles. The van der Waals surface area contributed by atoms with Crippen LogP contribution in [-0.4, -0.2) is 13.0 Å². The molecule has 0 aromatic heterocycles. The predicted molar refractivity (Wildman–Crippen MR) is 103 cm³/mol. The van der Waals surface area contributed by atoms with Crippen LogP contribution in [0, 0.1) is 25.2 Å². The van der Waals surface area contributed by atoms with Gasteiger partial charge in [-0.2, -0.15) is 5.26 Å². The highest BCUT2D eigenvalue weighted by molar-refractivity contribution is 8.15. The second-order valence-electron chi connectivity index (χ2n) is 5.89. The quantitative estimate of drug-likeness (QED) is 0.742. The molecule has 5 heteroatoms. The van der Waals surface area contributed by atoms with Crippen LogP contribution in [0.25, 0.3) is 5.57 Å². The lowest BCUT2D eigenvalue weighted by molar-refractivity contribution is 0.596. The summed E-state index contributed by atoms with van der Waals surface area (Å²) in [6.07, 6.45) is 1.74. The summed E-state index contributed by atoms with van der Waals surface area (Å²) in [6, 6.07) is 16.6. The largest absolute Gasteiger partial charge is 0.222 e. The van der Waals surface area contributed by atoms with Crippen LogP contribution in [-0.2, 0) is 9.84 Å². The zero-order valence-electron chi connectivity index (χ0n) is 13.9. The number of hydrogen-bond donors (Lipinski definition) is 0. The van der Waals surface area contributed by atoms with Crippen molar-refractivity contribution >= 4 is 27.2 Å². The number of thioether (sulfide) groups is 1. The Labute approximate surface area is 152 Å². The fourth-order valence-corrected chi connectivity index (χ4v) is 5.88. The summed E-state index contributed by atoms with van der Waals surface area (Å²) < 4.78 is 25.4. The maximum absolute atomic E-state index is 13.1. The molecule has 0 amide bonds. The molecular formula is C20H17NO2S2. The summed E-state index contributed by atoms with van der Waals surface area (Å²) in [5, 5.41) is 11.5. The van der Waals surface area contributed by atoms with Gasteiger partial charge in [-0.15, -0.1) is 11.8 Å². The average molecular weight is 367 g/mol. The van der Waals surface area contributed by atoms with Crippen molar-refractivity contribution in [3.63, 3.8) is 0 Å². The lowest BCUT2D eigenvalue weighted by Crippen LogP contribution is -2.18. The van der Waals surface area contributed by atoms with Gasteiger partial charge in [0.05, 0.1) is 10.5 Å². The fraction of sp³-hybridized carbons (Fsp3) is 0.150. The molecule has 0 N–H and O–H groups in total. The van der Waals surface area contributed by atoms with Gasteiger partial charge in [0.25, 0.3) is 0 Å². The molecule has 1 aliphatic heterocycles. The second-order valence-corrected chi connectivity index (χ2v) is 9.23. The SMILES string of the molecule is Cc1ccc(S(=O)(=O)C2SC=CC2=C(C#N)c2ccccc2C)cc1. The van der Waals surface area contributed by atoms with E-state index < -0.39 is 14.4 Å². The first-order valence-corrected chi connectivity index (χ1v) is 10.3. The molecule has 25 heavy (non-hydrogen) atoms. The molecule has 126 valence electrons. The van der Waals surface area contributed by atoms with Gasteiger partial charge in [-0.25, -0.2) is 8.42 Å². The highest BCUT2D eigenvalue weighted by atomic mass is 32.3. The summed E-state index contributed by atoms with van der Waals surface area (Å²) in [5.74, 6) is 0. The molecule has 1 unspecified atom stereocenters. The predicted octanol–water partition coefficient (Wildman–Crippen LogP) is 4.64. The van der Waals surface area contributed by atoms with Crippen LogP contribution in [0.3, 0.4) is 0 Å². The van der Waals surface area contributed by atoms with Crippen molar-refractivity contribution in [3.8, 4) is 6.07 Å². The Morgan fingerprint density at radius 1 is 1.08 bits per heavy atom. The Morgan fingerprint density at radius 2 is 1.76 bits per heavy atom. The third kappa shape index (κ3) is 3.28. The van der Waals surface area contributed by atoms with E-state index in [2.05, 4.69) is 6.07 Å². The number of allylic oxidation sites excluding steroid dienone is 2. The monoisotopic (exact) mass is 367 g/mol. The van der Waals surface area contributed by atoms with Crippen LogP contribution >= 0.6 is 11.8 Å². The van der Waals surface area contributed by atoms with E-state index in [1.165, 1.54) is 11.8 Å². The molecule has 2 aromatic rings. The zero-order chi connectivity index (χ0) is 18.0. The third-order valence-corrected chi connectivity index (χ3v) is 7.78. The average Bonchev–Trinajstić information content (AvgIpc) is 3.08. The normalized spacial score (nSPS) is 18.8. The summed E-state index contributed by atoms with van der Waals surface area (Å²) in [5.41, 5.74) is 3.69. The summed E-state index contributed by atoms with van der Waals surface area (Å²) in [7, 11) is -3.59. The summed E-state index contributed by atoms with van der Waals surface area (Å²) in [4.78, 5) is 0.277. The first-order valence-electron chi connectivity index (χ1n) is 7.78. The number of benzene rings is 2. The second kappa shape index (κ2) is 6.91. The van der Waals surface area contributed by atoms with Crippen LogP contribution < -0.4 is 0 Å². The number of aryl methyl sites for hydroxylation is 2. The molecule has 0 radical (unpaired) electrons. The maximum Gasteiger partial charge on any atom is 0.195 e. The Balaban J connectivity index is 2.13. The van der Waals surface area contributed by atoms with Crippen LogP contribution in [0.1, 0.15) is 16.7 Å². The van der Waals surface area contributed by atoms with Gasteiger partial charge in [0.15, 0.2) is 9.84 Å². The van der Waals surface area contributed by atoms with E-state index in [0.29, 0.717) is 11.1 Å². The van der Waals surface area contributed by atoms with Crippen LogP contribution in [0.4, 0.5) is 0 Å². The van der Waals surface area contributed by atoms with E-state index in [1.54, 1.807) is 35.7 Å². The smallest absolute Gasteiger partial charge is 0.195 e. The molecule has 0 saturated carbocycles. The highest BCUT2D eigenvalue weighted by Crippen LogP contribution is 2.40. The highest BCUT2D eigenvalue weighted by Gasteiger charge is 2.34. The van der Waals surface area contributed by atoms with Crippen LogP contribution in [0.2, 0.25) is 0 Å². The first kappa shape index (κ1) is 17.5. The number of sulfone groups is 1. The van der Waals surface area contributed by atoms with Crippen LogP contribution in [0.5, 0.6) is 0 Å². The van der Waals surface area contributed by atoms with E-state index in [-0.39, 0.29) is 4.90 Å². The number of hydrogen-bond acceptors (Lipinski definition) is 4. The molecule has 3 rings (SSSR count). The van der Waals surface area contributed by atoms with Crippen molar-refractivity contribution in [3.05, 3.63) is 82.3 Å². The molecular weight excluding hydrogens is 350 g/mol. The zero-order valence-corrected chi connectivity index (χ0v) is 15.6. The van der Waals surface area contributed by atoms with Gasteiger partial charge in [0, 0.05) is 0 Å². The minimum atomic E-state index is -3.59. The summed E-state index contributed by atoms with van der Waals surface area (Å²) in [6.45, 7) is 3.84. The van der Waals surface area contributed by atoms with Crippen molar-refractivity contribution in [1.29, 1.82) is 5.26 Å². The van der Waals surface area contributed by atoms with Crippen molar-refractivity contribution in [2.45, 2.75) is 23.3 Å². The Morgan fingerprint density at radius 3 is 2.40 bits per heavy atom. The molecule has 1 atom stereocenters. The molecule has 0 fully saturated rings. The topological polar surface area (TPSA) is 57.9 Å². The van der Waals surface area contributed by atoms with Gasteiger partial charge in [0.1, 0.15) is 10.7 Å². The molecule has 0 bridgehead atoms. The molecule has 1 aliphatic rings. The van der Waals surface area contributed by atoms with Gasteiger partial charge < -0.3 is 0 Å².